The van der Waals surface area contributed by atoms with Gasteiger partial charge in [0.05, 0.1) is 0 Å². The van der Waals surface area contributed by atoms with Gasteiger partial charge in [-0.05, 0) is 55.7 Å². The molecule has 1 aromatic heterocycles. The minimum Gasteiger partial charge on any atom is -0.328 e. The Morgan fingerprint density at radius 2 is 1.89 bits per heavy atom. The molecule has 18 heavy (non-hydrogen) atoms. The van der Waals surface area contributed by atoms with E-state index in [1.165, 1.54) is 20.9 Å². The van der Waals surface area contributed by atoms with Gasteiger partial charge >= 0.3 is 0 Å². The van der Waals surface area contributed by atoms with Gasteiger partial charge in [0.15, 0.2) is 0 Å². The van der Waals surface area contributed by atoms with Gasteiger partial charge < -0.3 is 5.73 Å². The molecular formula is C15H18N2S. The van der Waals surface area contributed by atoms with Gasteiger partial charge in [0.1, 0.15) is 0 Å². The lowest BCUT2D eigenvalue weighted by Crippen LogP contribution is -2.18. The Morgan fingerprint density at radius 3 is 2.50 bits per heavy atom. The van der Waals surface area contributed by atoms with E-state index in [4.69, 9.17) is 5.73 Å². The lowest BCUT2D eigenvalue weighted by molar-refractivity contribution is 0.734. The van der Waals surface area contributed by atoms with E-state index in [1.807, 2.05) is 31.5 Å². The standard InChI is InChI=1S/C15H18N2S/c1-11-9-15(4-3-13(11)10-12(2)16)18-14-5-7-17-8-6-14/h3-9,12H,10,16H2,1-2H3. The highest BCUT2D eigenvalue weighted by Gasteiger charge is 2.04. The summed E-state index contributed by atoms with van der Waals surface area (Å²) < 4.78 is 0. The summed E-state index contributed by atoms with van der Waals surface area (Å²) in [7, 11) is 0. The minimum absolute atomic E-state index is 0.211. The van der Waals surface area contributed by atoms with E-state index in [0.29, 0.717) is 0 Å². The van der Waals surface area contributed by atoms with E-state index in [1.54, 1.807) is 11.8 Å². The highest BCUT2D eigenvalue weighted by Crippen LogP contribution is 2.28. The van der Waals surface area contributed by atoms with Crippen LogP contribution in [0.15, 0.2) is 52.5 Å². The van der Waals surface area contributed by atoms with Gasteiger partial charge in [-0.2, -0.15) is 0 Å². The first-order valence-corrected chi connectivity index (χ1v) is 6.90. The van der Waals surface area contributed by atoms with Gasteiger partial charge in [-0.15, -0.1) is 0 Å². The van der Waals surface area contributed by atoms with Crippen molar-refractivity contribution in [1.29, 1.82) is 0 Å². The third-order valence-corrected chi connectivity index (χ3v) is 3.74. The van der Waals surface area contributed by atoms with E-state index < -0.39 is 0 Å². The van der Waals surface area contributed by atoms with Crippen LogP contribution in [0, 0.1) is 6.92 Å². The summed E-state index contributed by atoms with van der Waals surface area (Å²) in [5.74, 6) is 0. The maximum Gasteiger partial charge on any atom is 0.0279 e. The van der Waals surface area contributed by atoms with E-state index in [-0.39, 0.29) is 6.04 Å². The highest BCUT2D eigenvalue weighted by atomic mass is 32.2. The van der Waals surface area contributed by atoms with Crippen LogP contribution in [-0.4, -0.2) is 11.0 Å². The van der Waals surface area contributed by atoms with Crippen molar-refractivity contribution in [3.05, 3.63) is 53.9 Å². The molecular weight excluding hydrogens is 240 g/mol. The smallest absolute Gasteiger partial charge is 0.0279 e. The van der Waals surface area contributed by atoms with Crippen LogP contribution in [0.3, 0.4) is 0 Å². The number of nitrogens with two attached hydrogens (primary N) is 1. The first-order chi connectivity index (χ1) is 8.65. The van der Waals surface area contributed by atoms with Crippen molar-refractivity contribution in [2.45, 2.75) is 36.1 Å². The largest absolute Gasteiger partial charge is 0.328 e. The zero-order chi connectivity index (χ0) is 13.0. The third-order valence-electron chi connectivity index (χ3n) is 2.74. The Kier molecular flexibility index (Phi) is 4.39. The molecule has 0 aliphatic heterocycles. The van der Waals surface area contributed by atoms with E-state index in [0.717, 1.165) is 6.42 Å². The van der Waals surface area contributed by atoms with Crippen LogP contribution in [0.1, 0.15) is 18.1 Å². The maximum atomic E-state index is 5.84. The molecule has 94 valence electrons. The Bertz CT molecular complexity index is 509. The monoisotopic (exact) mass is 258 g/mol. The van der Waals surface area contributed by atoms with Gasteiger partial charge in [0.2, 0.25) is 0 Å². The number of benzene rings is 1. The second kappa shape index (κ2) is 6.03. The Labute approximate surface area is 113 Å². The van der Waals surface area contributed by atoms with Gasteiger partial charge in [-0.25, -0.2) is 0 Å². The molecule has 1 unspecified atom stereocenters. The first kappa shape index (κ1) is 13.1. The van der Waals surface area contributed by atoms with Crippen molar-refractivity contribution >= 4 is 11.8 Å². The van der Waals surface area contributed by atoms with Crippen molar-refractivity contribution in [3.63, 3.8) is 0 Å². The van der Waals surface area contributed by atoms with Crippen LogP contribution < -0.4 is 5.73 Å². The number of hydrogen-bond donors (Lipinski definition) is 1. The van der Waals surface area contributed by atoms with Crippen LogP contribution in [0.5, 0.6) is 0 Å². The fraction of sp³-hybridized carbons (Fsp3) is 0.267. The lowest BCUT2D eigenvalue weighted by Gasteiger charge is -2.10. The lowest BCUT2D eigenvalue weighted by atomic mass is 10.0. The number of aromatic nitrogens is 1. The van der Waals surface area contributed by atoms with Crippen LogP contribution in [0.2, 0.25) is 0 Å². The van der Waals surface area contributed by atoms with Crippen molar-refractivity contribution in [2.24, 2.45) is 5.73 Å². The number of nitrogens with zero attached hydrogens (tertiary/aromatic N) is 1. The summed E-state index contributed by atoms with van der Waals surface area (Å²) >= 11 is 1.76. The Balaban J connectivity index is 2.14. The van der Waals surface area contributed by atoms with Gasteiger partial charge in [0, 0.05) is 28.2 Å². The molecule has 2 N–H and O–H groups in total. The second-order valence-corrected chi connectivity index (χ2v) is 5.70. The van der Waals surface area contributed by atoms with Gasteiger partial charge in [0.25, 0.3) is 0 Å². The topological polar surface area (TPSA) is 38.9 Å². The van der Waals surface area contributed by atoms with Crippen molar-refractivity contribution < 1.29 is 0 Å². The molecule has 0 amide bonds. The molecule has 1 atom stereocenters. The number of rotatable bonds is 4. The molecule has 0 fully saturated rings. The SMILES string of the molecule is Cc1cc(Sc2ccncc2)ccc1CC(C)N. The van der Waals surface area contributed by atoms with Gasteiger partial charge in [-0.3, -0.25) is 4.98 Å². The fourth-order valence-corrected chi connectivity index (χ4v) is 2.75. The molecule has 0 radical (unpaired) electrons. The van der Waals surface area contributed by atoms with Crippen LogP contribution in [0.4, 0.5) is 0 Å². The Morgan fingerprint density at radius 1 is 1.17 bits per heavy atom. The quantitative estimate of drug-likeness (QED) is 0.913. The van der Waals surface area contributed by atoms with Crippen LogP contribution >= 0.6 is 11.8 Å². The number of aryl methyl sites for hydroxylation is 1. The summed E-state index contributed by atoms with van der Waals surface area (Å²) in [6.45, 7) is 4.19. The average Bonchev–Trinajstić information content (AvgIpc) is 2.33. The summed E-state index contributed by atoms with van der Waals surface area (Å²) in [6.07, 6.45) is 4.57. The zero-order valence-corrected chi connectivity index (χ0v) is 11.6. The normalized spacial score (nSPS) is 12.4. The van der Waals surface area contributed by atoms with Crippen molar-refractivity contribution in [1.82, 2.24) is 4.98 Å². The molecule has 2 nitrogen and oxygen atoms in total. The predicted octanol–water partition coefficient (Wildman–Crippen LogP) is 3.43. The van der Waals surface area contributed by atoms with Crippen LogP contribution in [0.25, 0.3) is 0 Å². The first-order valence-electron chi connectivity index (χ1n) is 6.08. The zero-order valence-electron chi connectivity index (χ0n) is 10.8. The summed E-state index contributed by atoms with van der Waals surface area (Å²) in [5.41, 5.74) is 8.49. The van der Waals surface area contributed by atoms with Crippen molar-refractivity contribution in [3.8, 4) is 0 Å². The molecule has 2 aromatic rings. The third kappa shape index (κ3) is 3.59. The molecule has 3 heteroatoms. The Hall–Kier alpha value is -1.32. The van der Waals surface area contributed by atoms with E-state index in [9.17, 15) is 0 Å². The van der Waals surface area contributed by atoms with Crippen LogP contribution in [-0.2, 0) is 6.42 Å². The summed E-state index contributed by atoms with van der Waals surface area (Å²) in [6, 6.07) is 10.8. The molecule has 0 aliphatic carbocycles. The number of pyridine rings is 1. The number of hydrogen-bond acceptors (Lipinski definition) is 3. The van der Waals surface area contributed by atoms with E-state index >= 15 is 0 Å². The summed E-state index contributed by atoms with van der Waals surface area (Å²) in [4.78, 5) is 6.49. The highest BCUT2D eigenvalue weighted by molar-refractivity contribution is 7.99. The molecule has 1 heterocycles. The molecule has 2 rings (SSSR count). The van der Waals surface area contributed by atoms with Crippen molar-refractivity contribution in [2.75, 3.05) is 0 Å². The van der Waals surface area contributed by atoms with Gasteiger partial charge in [-0.1, -0.05) is 17.8 Å². The van der Waals surface area contributed by atoms with E-state index in [2.05, 4.69) is 30.1 Å². The molecule has 0 bridgehead atoms. The average molecular weight is 258 g/mol. The second-order valence-electron chi connectivity index (χ2n) is 4.55. The predicted molar refractivity (Wildman–Crippen MR) is 76.9 cm³/mol. The summed E-state index contributed by atoms with van der Waals surface area (Å²) in [5, 5.41) is 0. The molecule has 0 aliphatic rings. The maximum absolute atomic E-state index is 5.84. The fourth-order valence-electron chi connectivity index (χ4n) is 1.85. The molecule has 1 aromatic carbocycles. The molecule has 0 spiro atoms. The molecule has 0 saturated heterocycles. The minimum atomic E-state index is 0.211. The molecule has 0 saturated carbocycles.